The normalized spacial score (nSPS) is 11.7. The number of para-hydroxylation sites is 1. The van der Waals surface area contributed by atoms with Crippen LogP contribution in [-0.4, -0.2) is 30.7 Å². The van der Waals surface area contributed by atoms with Gasteiger partial charge in [0.1, 0.15) is 5.82 Å². The van der Waals surface area contributed by atoms with E-state index >= 15 is 0 Å². The first-order valence-corrected chi connectivity index (χ1v) is 10.7. The van der Waals surface area contributed by atoms with Crippen LogP contribution in [0.2, 0.25) is 0 Å². The molecule has 4 rings (SSSR count). The minimum absolute atomic E-state index is 0.120. The fourth-order valence-electron chi connectivity index (χ4n) is 3.65. The molecule has 6 nitrogen and oxygen atoms in total. The molecule has 0 aliphatic rings. The molecule has 0 saturated heterocycles. The average Bonchev–Trinajstić information content (AvgIpc) is 2.84. The first kappa shape index (κ1) is 21.4. The number of nitrogens with one attached hydrogen (secondary N) is 2. The number of anilines is 2. The summed E-state index contributed by atoms with van der Waals surface area (Å²) in [7, 11) is 3.29. The van der Waals surface area contributed by atoms with Crippen LogP contribution in [-0.2, 0) is 6.42 Å². The van der Waals surface area contributed by atoms with Crippen LogP contribution in [0.4, 0.5) is 11.8 Å². The predicted octanol–water partition coefficient (Wildman–Crippen LogP) is 5.47. The number of hydrogen-bond acceptors (Lipinski definition) is 6. The van der Waals surface area contributed by atoms with Crippen molar-refractivity contribution in [3.05, 3.63) is 83.9 Å². The van der Waals surface area contributed by atoms with Gasteiger partial charge in [0, 0.05) is 18.0 Å². The first-order chi connectivity index (χ1) is 15.7. The second-order valence-corrected chi connectivity index (χ2v) is 7.56. The number of rotatable bonds is 9. The lowest BCUT2D eigenvalue weighted by molar-refractivity contribution is 0.354. The summed E-state index contributed by atoms with van der Waals surface area (Å²) in [6, 6.07) is 24.5. The quantitative estimate of drug-likeness (QED) is 0.368. The van der Waals surface area contributed by atoms with Gasteiger partial charge in [0.05, 0.1) is 19.7 Å². The minimum Gasteiger partial charge on any atom is -0.493 e. The van der Waals surface area contributed by atoms with Gasteiger partial charge < -0.3 is 20.1 Å². The summed E-state index contributed by atoms with van der Waals surface area (Å²) in [5.41, 5.74) is 3.25. The van der Waals surface area contributed by atoms with Crippen LogP contribution in [0.15, 0.2) is 72.8 Å². The minimum atomic E-state index is 0.120. The van der Waals surface area contributed by atoms with Crippen molar-refractivity contribution in [3.63, 3.8) is 0 Å². The van der Waals surface area contributed by atoms with Gasteiger partial charge in [-0.05, 0) is 48.7 Å². The molecular formula is C26H28N4O2. The van der Waals surface area contributed by atoms with Crippen molar-refractivity contribution >= 4 is 22.7 Å². The largest absolute Gasteiger partial charge is 0.493 e. The smallest absolute Gasteiger partial charge is 0.225 e. The predicted molar refractivity (Wildman–Crippen MR) is 130 cm³/mol. The van der Waals surface area contributed by atoms with Gasteiger partial charge in [0.15, 0.2) is 11.5 Å². The molecule has 2 N–H and O–H groups in total. The molecule has 0 saturated carbocycles. The fraction of sp³-hybridized carbons (Fsp3) is 0.231. The number of methoxy groups -OCH3 is 2. The summed E-state index contributed by atoms with van der Waals surface area (Å²) in [5, 5.41) is 7.93. The number of nitrogens with zero attached hydrogens (tertiary/aromatic N) is 2. The first-order valence-electron chi connectivity index (χ1n) is 10.7. The molecule has 0 aliphatic carbocycles. The molecular weight excluding hydrogens is 400 g/mol. The lowest BCUT2D eigenvalue weighted by atomic mass is 10.1. The van der Waals surface area contributed by atoms with Crippen molar-refractivity contribution in [1.82, 2.24) is 9.97 Å². The molecule has 0 spiro atoms. The second kappa shape index (κ2) is 10.0. The van der Waals surface area contributed by atoms with Crippen LogP contribution in [0.25, 0.3) is 10.9 Å². The van der Waals surface area contributed by atoms with E-state index in [9.17, 15) is 0 Å². The van der Waals surface area contributed by atoms with Gasteiger partial charge in [0.25, 0.3) is 0 Å². The van der Waals surface area contributed by atoms with Crippen LogP contribution in [0.3, 0.4) is 0 Å². The summed E-state index contributed by atoms with van der Waals surface area (Å²) in [4.78, 5) is 9.48. The van der Waals surface area contributed by atoms with E-state index in [0.717, 1.165) is 40.2 Å². The Hall–Kier alpha value is -3.80. The van der Waals surface area contributed by atoms with Crippen LogP contribution < -0.4 is 20.1 Å². The van der Waals surface area contributed by atoms with E-state index < -0.39 is 0 Å². The van der Waals surface area contributed by atoms with E-state index in [-0.39, 0.29) is 6.04 Å². The van der Waals surface area contributed by atoms with Gasteiger partial charge >= 0.3 is 0 Å². The van der Waals surface area contributed by atoms with Gasteiger partial charge in [-0.15, -0.1) is 0 Å². The molecule has 0 radical (unpaired) electrons. The third-order valence-electron chi connectivity index (χ3n) is 5.40. The van der Waals surface area contributed by atoms with E-state index in [4.69, 9.17) is 19.4 Å². The highest BCUT2D eigenvalue weighted by Crippen LogP contribution is 2.28. The van der Waals surface area contributed by atoms with Crippen molar-refractivity contribution in [1.29, 1.82) is 0 Å². The summed E-state index contributed by atoms with van der Waals surface area (Å²) in [6.45, 7) is 2.83. The van der Waals surface area contributed by atoms with Crippen molar-refractivity contribution in [2.24, 2.45) is 0 Å². The number of fused-ring (bicyclic) bond motifs is 1. The molecule has 1 atom stereocenters. The maximum Gasteiger partial charge on any atom is 0.225 e. The van der Waals surface area contributed by atoms with Gasteiger partial charge in [-0.1, -0.05) is 48.5 Å². The molecule has 0 aliphatic heterocycles. The molecule has 32 heavy (non-hydrogen) atoms. The van der Waals surface area contributed by atoms with Crippen molar-refractivity contribution in [2.75, 3.05) is 31.4 Å². The Morgan fingerprint density at radius 3 is 2.38 bits per heavy atom. The van der Waals surface area contributed by atoms with E-state index in [1.165, 1.54) is 5.56 Å². The zero-order valence-corrected chi connectivity index (χ0v) is 18.6. The van der Waals surface area contributed by atoms with E-state index in [0.29, 0.717) is 12.5 Å². The number of benzene rings is 3. The van der Waals surface area contributed by atoms with Gasteiger partial charge in [0.2, 0.25) is 5.95 Å². The topological polar surface area (TPSA) is 68.3 Å². The average molecular weight is 429 g/mol. The summed E-state index contributed by atoms with van der Waals surface area (Å²) in [6.07, 6.45) is 0.805. The Kier molecular flexibility index (Phi) is 6.70. The maximum absolute atomic E-state index is 5.40. The summed E-state index contributed by atoms with van der Waals surface area (Å²) < 4.78 is 10.7. The summed E-state index contributed by atoms with van der Waals surface area (Å²) in [5.74, 6) is 2.88. The molecule has 0 bridgehead atoms. The van der Waals surface area contributed by atoms with Crippen molar-refractivity contribution in [2.45, 2.75) is 19.4 Å². The second-order valence-electron chi connectivity index (χ2n) is 7.56. The van der Waals surface area contributed by atoms with Crippen molar-refractivity contribution < 1.29 is 9.47 Å². The molecule has 0 fully saturated rings. The van der Waals surface area contributed by atoms with E-state index in [1.807, 2.05) is 60.7 Å². The Bertz CT molecular complexity index is 1180. The Balaban J connectivity index is 1.51. The van der Waals surface area contributed by atoms with Gasteiger partial charge in [-0.25, -0.2) is 4.98 Å². The molecule has 1 heterocycles. The molecule has 1 aromatic heterocycles. The monoisotopic (exact) mass is 428 g/mol. The highest BCUT2D eigenvalue weighted by atomic mass is 16.5. The molecule has 1 unspecified atom stereocenters. The standard InChI is InChI=1S/C26H28N4O2/c1-18(20-9-5-4-6-10-20)28-25-21-11-7-8-12-22(21)29-26(30-25)27-16-15-19-13-14-23(31-2)24(17-19)32-3/h4-14,17-18H,15-16H2,1-3H3,(H2,27,28,29,30). The zero-order valence-electron chi connectivity index (χ0n) is 18.6. The Morgan fingerprint density at radius 1 is 0.844 bits per heavy atom. The zero-order chi connectivity index (χ0) is 22.3. The third kappa shape index (κ3) is 4.91. The number of ether oxygens (including phenoxy) is 2. The Morgan fingerprint density at radius 2 is 1.59 bits per heavy atom. The summed E-state index contributed by atoms with van der Waals surface area (Å²) >= 11 is 0. The lowest BCUT2D eigenvalue weighted by Crippen LogP contribution is -2.12. The van der Waals surface area contributed by atoms with Crippen LogP contribution in [0.5, 0.6) is 11.5 Å². The molecule has 3 aromatic carbocycles. The molecule has 4 aromatic rings. The Labute approximate surface area is 188 Å². The van der Waals surface area contributed by atoms with Crippen LogP contribution >= 0.6 is 0 Å². The SMILES string of the molecule is COc1ccc(CCNc2nc(NC(C)c3ccccc3)c3ccccc3n2)cc1OC. The van der Waals surface area contributed by atoms with Gasteiger partial charge in [-0.2, -0.15) is 4.98 Å². The highest BCUT2D eigenvalue weighted by Gasteiger charge is 2.12. The highest BCUT2D eigenvalue weighted by molar-refractivity contribution is 5.90. The van der Waals surface area contributed by atoms with Crippen molar-refractivity contribution in [3.8, 4) is 11.5 Å². The molecule has 0 amide bonds. The fourth-order valence-corrected chi connectivity index (χ4v) is 3.65. The molecule has 164 valence electrons. The van der Waals surface area contributed by atoms with Crippen LogP contribution in [0.1, 0.15) is 24.1 Å². The third-order valence-corrected chi connectivity index (χ3v) is 5.40. The van der Waals surface area contributed by atoms with E-state index in [1.54, 1.807) is 14.2 Å². The lowest BCUT2D eigenvalue weighted by Gasteiger charge is -2.17. The number of hydrogen-bond donors (Lipinski definition) is 2. The van der Waals surface area contributed by atoms with Gasteiger partial charge in [-0.3, -0.25) is 0 Å². The van der Waals surface area contributed by atoms with E-state index in [2.05, 4.69) is 29.7 Å². The van der Waals surface area contributed by atoms with Crippen LogP contribution in [0, 0.1) is 0 Å². The number of aromatic nitrogens is 2. The maximum atomic E-state index is 5.40. The molecule has 6 heteroatoms.